The fourth-order valence-electron chi connectivity index (χ4n) is 3.77. The lowest BCUT2D eigenvalue weighted by atomic mass is 9.74. The van der Waals surface area contributed by atoms with Crippen molar-refractivity contribution in [1.29, 1.82) is 0 Å². The van der Waals surface area contributed by atoms with Gasteiger partial charge in [-0.25, -0.2) is 8.42 Å². The molecule has 1 aromatic carbocycles. The van der Waals surface area contributed by atoms with E-state index in [4.69, 9.17) is 5.73 Å². The maximum absolute atomic E-state index is 12.7. The molecule has 138 valence electrons. The Morgan fingerprint density at radius 3 is 2.68 bits per heavy atom. The summed E-state index contributed by atoms with van der Waals surface area (Å²) in [6.45, 7) is 2.94. The molecule has 25 heavy (non-hydrogen) atoms. The van der Waals surface area contributed by atoms with Gasteiger partial charge in [0.05, 0.1) is 17.4 Å². The fourth-order valence-corrected chi connectivity index (χ4v) is 4.97. The van der Waals surface area contributed by atoms with Crippen LogP contribution in [0.1, 0.15) is 32.6 Å². The summed E-state index contributed by atoms with van der Waals surface area (Å²) in [4.78, 5) is 14.7. The lowest BCUT2D eigenvalue weighted by Crippen LogP contribution is -2.51. The summed E-state index contributed by atoms with van der Waals surface area (Å²) in [5, 5.41) is 3.00. The number of anilines is 2. The average molecular weight is 365 g/mol. The maximum Gasteiger partial charge on any atom is 0.229 e. The third-order valence-electron chi connectivity index (χ3n) is 5.39. The number of nitrogens with two attached hydrogens (primary N) is 1. The smallest absolute Gasteiger partial charge is 0.229 e. The van der Waals surface area contributed by atoms with E-state index in [-0.39, 0.29) is 23.3 Å². The van der Waals surface area contributed by atoms with Crippen molar-refractivity contribution in [2.45, 2.75) is 38.1 Å². The third kappa shape index (κ3) is 4.33. The number of carbonyl (C=O) groups excluding carboxylic acids is 1. The Morgan fingerprint density at radius 2 is 2.00 bits per heavy atom. The zero-order valence-electron chi connectivity index (χ0n) is 14.7. The van der Waals surface area contributed by atoms with Crippen molar-refractivity contribution in [2.24, 2.45) is 11.7 Å². The van der Waals surface area contributed by atoms with Crippen LogP contribution in [-0.4, -0.2) is 44.5 Å². The number of benzene rings is 1. The van der Waals surface area contributed by atoms with E-state index >= 15 is 0 Å². The summed E-state index contributed by atoms with van der Waals surface area (Å²) in [6.07, 6.45) is 3.80. The molecular formula is C18H27N3O3S. The molecule has 1 saturated carbocycles. The van der Waals surface area contributed by atoms with Crippen molar-refractivity contribution in [3.8, 4) is 0 Å². The molecule has 2 fully saturated rings. The van der Waals surface area contributed by atoms with E-state index in [1.165, 1.54) is 0 Å². The van der Waals surface area contributed by atoms with Gasteiger partial charge in [-0.2, -0.15) is 0 Å². The highest BCUT2D eigenvalue weighted by atomic mass is 32.2. The molecule has 3 rings (SSSR count). The molecular weight excluding hydrogens is 338 g/mol. The fraction of sp³-hybridized carbons (Fsp3) is 0.611. The van der Waals surface area contributed by atoms with Gasteiger partial charge in [0.15, 0.2) is 9.84 Å². The van der Waals surface area contributed by atoms with E-state index < -0.39 is 15.4 Å². The Balaban J connectivity index is 1.68. The topological polar surface area (TPSA) is 92.5 Å². The van der Waals surface area contributed by atoms with Crippen LogP contribution in [-0.2, 0) is 14.6 Å². The molecule has 1 saturated heterocycles. The molecule has 0 aromatic heterocycles. The molecule has 0 spiro atoms. The molecule has 1 aliphatic heterocycles. The van der Waals surface area contributed by atoms with Gasteiger partial charge in [-0.1, -0.05) is 18.9 Å². The number of amides is 1. The van der Waals surface area contributed by atoms with Gasteiger partial charge in [-0.3, -0.25) is 4.79 Å². The average Bonchev–Trinajstić information content (AvgIpc) is 2.54. The second kappa shape index (κ2) is 6.96. The van der Waals surface area contributed by atoms with Gasteiger partial charge >= 0.3 is 0 Å². The number of nitrogens with one attached hydrogen (secondary N) is 1. The molecule has 0 bridgehead atoms. The summed E-state index contributed by atoms with van der Waals surface area (Å²) in [5.41, 5.74) is 7.54. The van der Waals surface area contributed by atoms with Crippen LogP contribution in [0.2, 0.25) is 0 Å². The second-order valence-corrected chi connectivity index (χ2v) is 9.79. The van der Waals surface area contributed by atoms with Crippen molar-refractivity contribution in [2.75, 3.05) is 34.8 Å². The molecule has 1 aromatic rings. The molecule has 2 atom stereocenters. The molecule has 7 heteroatoms. The Morgan fingerprint density at radius 1 is 1.28 bits per heavy atom. The van der Waals surface area contributed by atoms with Gasteiger partial charge in [-0.05, 0) is 38.0 Å². The van der Waals surface area contributed by atoms with Crippen LogP contribution in [0.3, 0.4) is 0 Å². The predicted octanol–water partition coefficient (Wildman–Crippen LogP) is 1.77. The van der Waals surface area contributed by atoms with Crippen LogP contribution in [0.25, 0.3) is 0 Å². The summed E-state index contributed by atoms with van der Waals surface area (Å²) < 4.78 is 23.2. The zero-order chi connectivity index (χ0) is 18.1. The van der Waals surface area contributed by atoms with Gasteiger partial charge < -0.3 is 16.0 Å². The van der Waals surface area contributed by atoms with Gasteiger partial charge in [0, 0.05) is 30.0 Å². The summed E-state index contributed by atoms with van der Waals surface area (Å²) in [6, 6.07) is 7.60. The van der Waals surface area contributed by atoms with Crippen LogP contribution < -0.4 is 16.0 Å². The lowest BCUT2D eigenvalue weighted by Gasteiger charge is -2.37. The maximum atomic E-state index is 12.7. The van der Waals surface area contributed by atoms with E-state index in [2.05, 4.69) is 5.32 Å². The monoisotopic (exact) mass is 365 g/mol. The SMILES string of the molecule is CC1(N)CCCCC1C(=O)Nc1cccc(N2CCS(=O)(=O)CC2)c1. The summed E-state index contributed by atoms with van der Waals surface area (Å²) >= 11 is 0. The van der Waals surface area contributed by atoms with Crippen LogP contribution in [0.15, 0.2) is 24.3 Å². The van der Waals surface area contributed by atoms with Crippen LogP contribution >= 0.6 is 0 Å². The minimum atomic E-state index is -2.91. The largest absolute Gasteiger partial charge is 0.369 e. The van der Waals surface area contributed by atoms with Gasteiger partial charge in [0.2, 0.25) is 5.91 Å². The minimum absolute atomic E-state index is 0.0249. The normalized spacial score (nSPS) is 29.2. The van der Waals surface area contributed by atoms with Crippen molar-refractivity contribution in [3.63, 3.8) is 0 Å². The highest BCUT2D eigenvalue weighted by Crippen LogP contribution is 2.32. The Labute approximate surface area is 149 Å². The predicted molar refractivity (Wildman–Crippen MR) is 100 cm³/mol. The van der Waals surface area contributed by atoms with E-state index in [9.17, 15) is 13.2 Å². The van der Waals surface area contributed by atoms with E-state index in [0.717, 1.165) is 37.1 Å². The van der Waals surface area contributed by atoms with Gasteiger partial charge in [-0.15, -0.1) is 0 Å². The molecule has 2 unspecified atom stereocenters. The first-order valence-electron chi connectivity index (χ1n) is 8.92. The standard InChI is InChI=1S/C18H27N3O3S/c1-18(19)8-3-2-7-16(18)17(22)20-14-5-4-6-15(13-14)21-9-11-25(23,24)12-10-21/h4-6,13,16H,2-3,7-12,19H2,1H3,(H,20,22). The van der Waals surface area contributed by atoms with Crippen molar-refractivity contribution in [1.82, 2.24) is 0 Å². The minimum Gasteiger partial charge on any atom is -0.369 e. The number of hydrogen-bond acceptors (Lipinski definition) is 5. The number of hydrogen-bond donors (Lipinski definition) is 2. The number of carbonyl (C=O) groups is 1. The van der Waals surface area contributed by atoms with Crippen LogP contribution in [0, 0.1) is 5.92 Å². The highest BCUT2D eigenvalue weighted by Gasteiger charge is 2.37. The highest BCUT2D eigenvalue weighted by molar-refractivity contribution is 7.91. The second-order valence-electron chi connectivity index (χ2n) is 7.48. The molecule has 2 aliphatic rings. The van der Waals surface area contributed by atoms with E-state index in [0.29, 0.717) is 13.1 Å². The van der Waals surface area contributed by atoms with Gasteiger partial charge in [0.1, 0.15) is 0 Å². The first-order chi connectivity index (χ1) is 11.8. The molecule has 1 amide bonds. The first kappa shape index (κ1) is 18.2. The lowest BCUT2D eigenvalue weighted by molar-refractivity contribution is -0.122. The summed E-state index contributed by atoms with van der Waals surface area (Å²) in [7, 11) is -2.91. The Bertz CT molecular complexity index is 732. The van der Waals surface area contributed by atoms with Crippen LogP contribution in [0.4, 0.5) is 11.4 Å². The van der Waals surface area contributed by atoms with Crippen molar-refractivity contribution < 1.29 is 13.2 Å². The quantitative estimate of drug-likeness (QED) is 0.852. The Hall–Kier alpha value is -1.60. The summed E-state index contributed by atoms with van der Waals surface area (Å²) in [5.74, 6) is 0.155. The van der Waals surface area contributed by atoms with Crippen molar-refractivity contribution in [3.05, 3.63) is 24.3 Å². The van der Waals surface area contributed by atoms with Crippen LogP contribution in [0.5, 0.6) is 0 Å². The van der Waals surface area contributed by atoms with E-state index in [1.54, 1.807) is 0 Å². The van der Waals surface area contributed by atoms with E-state index in [1.807, 2.05) is 36.1 Å². The molecule has 1 heterocycles. The first-order valence-corrected chi connectivity index (χ1v) is 10.7. The third-order valence-corrected chi connectivity index (χ3v) is 7.00. The number of sulfone groups is 1. The number of rotatable bonds is 3. The van der Waals surface area contributed by atoms with Crippen molar-refractivity contribution >= 4 is 27.1 Å². The molecule has 6 nitrogen and oxygen atoms in total. The van der Waals surface area contributed by atoms with Gasteiger partial charge in [0.25, 0.3) is 0 Å². The molecule has 3 N–H and O–H groups in total. The number of nitrogens with zero attached hydrogens (tertiary/aromatic N) is 1. The molecule has 0 radical (unpaired) electrons. The molecule has 1 aliphatic carbocycles. The Kier molecular flexibility index (Phi) is 5.06. The zero-order valence-corrected chi connectivity index (χ0v) is 15.5.